The van der Waals surface area contributed by atoms with Crippen molar-refractivity contribution in [2.45, 2.75) is 46.0 Å². The summed E-state index contributed by atoms with van der Waals surface area (Å²) in [6, 6.07) is 11.0. The van der Waals surface area contributed by atoms with Crippen LogP contribution in [0.4, 0.5) is 0 Å². The summed E-state index contributed by atoms with van der Waals surface area (Å²) >= 11 is 0. The molecule has 0 saturated heterocycles. The molecule has 1 aromatic rings. The van der Waals surface area contributed by atoms with Crippen molar-refractivity contribution in [3.63, 3.8) is 0 Å². The van der Waals surface area contributed by atoms with Gasteiger partial charge in [-0.25, -0.2) is 0 Å². The first-order chi connectivity index (χ1) is 7.24. The summed E-state index contributed by atoms with van der Waals surface area (Å²) < 4.78 is 0. The number of hydrogen-bond acceptors (Lipinski definition) is 0. The Bertz CT molecular complexity index is 301. The lowest BCUT2D eigenvalue weighted by Gasteiger charge is -2.28. The first-order valence-electron chi connectivity index (χ1n) is 6.28. The van der Waals surface area contributed by atoms with E-state index in [1.165, 1.54) is 37.7 Å². The van der Waals surface area contributed by atoms with E-state index in [2.05, 4.69) is 44.2 Å². The standard InChI is InChI=1S/C15H22/c1-3-15(10-9-13(2)11-15)12-14-7-5-4-6-8-14/h4-8,13H,3,9-12H2,1-2H3/t13?,15-/m1/s1. The highest BCUT2D eigenvalue weighted by molar-refractivity contribution is 5.17. The monoisotopic (exact) mass is 202 g/mol. The summed E-state index contributed by atoms with van der Waals surface area (Å²) in [5.41, 5.74) is 2.13. The van der Waals surface area contributed by atoms with Crippen LogP contribution in [0.15, 0.2) is 30.3 Å². The maximum absolute atomic E-state index is 2.41. The van der Waals surface area contributed by atoms with Gasteiger partial charge < -0.3 is 0 Å². The second kappa shape index (κ2) is 4.38. The summed E-state index contributed by atoms with van der Waals surface area (Å²) in [6.07, 6.45) is 6.92. The van der Waals surface area contributed by atoms with Crippen molar-refractivity contribution in [1.82, 2.24) is 0 Å². The molecule has 0 aliphatic heterocycles. The minimum absolute atomic E-state index is 0.612. The van der Waals surface area contributed by atoms with E-state index in [1.54, 1.807) is 0 Å². The molecule has 2 rings (SSSR count). The molecule has 0 spiro atoms. The van der Waals surface area contributed by atoms with Crippen LogP contribution in [0.5, 0.6) is 0 Å². The quantitative estimate of drug-likeness (QED) is 0.679. The van der Waals surface area contributed by atoms with Crippen molar-refractivity contribution in [3.8, 4) is 0 Å². The first kappa shape index (κ1) is 10.7. The highest BCUT2D eigenvalue weighted by atomic mass is 14.4. The molecule has 15 heavy (non-hydrogen) atoms. The van der Waals surface area contributed by atoms with E-state index in [1.807, 2.05) is 0 Å². The zero-order valence-electron chi connectivity index (χ0n) is 10.00. The molecule has 82 valence electrons. The topological polar surface area (TPSA) is 0 Å². The summed E-state index contributed by atoms with van der Waals surface area (Å²) in [4.78, 5) is 0. The van der Waals surface area contributed by atoms with Crippen LogP contribution in [0, 0.1) is 11.3 Å². The number of rotatable bonds is 3. The van der Waals surface area contributed by atoms with Gasteiger partial charge in [-0.2, -0.15) is 0 Å². The minimum Gasteiger partial charge on any atom is -0.0648 e. The molecule has 0 heteroatoms. The lowest BCUT2D eigenvalue weighted by Crippen LogP contribution is -2.19. The summed E-state index contributed by atoms with van der Waals surface area (Å²) in [5, 5.41) is 0. The van der Waals surface area contributed by atoms with E-state index in [-0.39, 0.29) is 0 Å². The van der Waals surface area contributed by atoms with Crippen molar-refractivity contribution in [2.24, 2.45) is 11.3 Å². The highest BCUT2D eigenvalue weighted by Gasteiger charge is 2.35. The average Bonchev–Trinajstić information content (AvgIpc) is 2.62. The molecule has 1 aromatic carbocycles. The highest BCUT2D eigenvalue weighted by Crippen LogP contribution is 2.46. The zero-order valence-corrected chi connectivity index (χ0v) is 10.00. The van der Waals surface area contributed by atoms with Gasteiger partial charge in [0.15, 0.2) is 0 Å². The molecule has 0 aromatic heterocycles. The van der Waals surface area contributed by atoms with Crippen LogP contribution in [0.25, 0.3) is 0 Å². The van der Waals surface area contributed by atoms with E-state index in [0.29, 0.717) is 5.41 Å². The summed E-state index contributed by atoms with van der Waals surface area (Å²) in [5.74, 6) is 0.939. The predicted molar refractivity (Wildman–Crippen MR) is 65.9 cm³/mol. The molecule has 0 radical (unpaired) electrons. The van der Waals surface area contributed by atoms with Gasteiger partial charge in [-0.3, -0.25) is 0 Å². The van der Waals surface area contributed by atoms with Crippen LogP contribution < -0.4 is 0 Å². The smallest absolute Gasteiger partial charge is 0.0222 e. The molecule has 1 saturated carbocycles. The zero-order chi connectivity index (χ0) is 10.7. The van der Waals surface area contributed by atoms with Crippen LogP contribution >= 0.6 is 0 Å². The van der Waals surface area contributed by atoms with E-state index in [4.69, 9.17) is 0 Å². The number of hydrogen-bond donors (Lipinski definition) is 0. The van der Waals surface area contributed by atoms with E-state index < -0.39 is 0 Å². The van der Waals surface area contributed by atoms with Crippen LogP contribution in [0.3, 0.4) is 0 Å². The molecule has 0 N–H and O–H groups in total. The van der Waals surface area contributed by atoms with Gasteiger partial charge in [-0.15, -0.1) is 0 Å². The van der Waals surface area contributed by atoms with Crippen LogP contribution in [0.1, 0.15) is 45.1 Å². The molecule has 1 aliphatic rings. The van der Waals surface area contributed by atoms with E-state index >= 15 is 0 Å². The molecule has 0 heterocycles. The Balaban J connectivity index is 2.09. The molecular formula is C15H22. The SMILES string of the molecule is CC[C@@]1(Cc2ccccc2)CCC(C)C1. The average molecular weight is 202 g/mol. The van der Waals surface area contributed by atoms with Crippen molar-refractivity contribution in [3.05, 3.63) is 35.9 Å². The van der Waals surface area contributed by atoms with E-state index in [0.717, 1.165) is 5.92 Å². The third kappa shape index (κ3) is 2.42. The molecular weight excluding hydrogens is 180 g/mol. The Kier molecular flexibility index (Phi) is 3.14. The fourth-order valence-corrected chi connectivity index (χ4v) is 3.13. The van der Waals surface area contributed by atoms with Gasteiger partial charge >= 0.3 is 0 Å². The Morgan fingerprint density at radius 1 is 1.27 bits per heavy atom. The van der Waals surface area contributed by atoms with Gasteiger partial charge in [0.05, 0.1) is 0 Å². The molecule has 1 unspecified atom stereocenters. The van der Waals surface area contributed by atoms with Gasteiger partial charge in [-0.05, 0) is 36.2 Å². The molecule has 0 nitrogen and oxygen atoms in total. The molecule has 1 fully saturated rings. The largest absolute Gasteiger partial charge is 0.0648 e. The van der Waals surface area contributed by atoms with Gasteiger partial charge in [0, 0.05) is 0 Å². The Labute approximate surface area is 93.7 Å². The van der Waals surface area contributed by atoms with Gasteiger partial charge in [0.1, 0.15) is 0 Å². The molecule has 0 amide bonds. The molecule has 1 aliphatic carbocycles. The first-order valence-corrected chi connectivity index (χ1v) is 6.28. The summed E-state index contributed by atoms with van der Waals surface area (Å²) in [7, 11) is 0. The van der Waals surface area contributed by atoms with Gasteiger partial charge in [0.2, 0.25) is 0 Å². The fraction of sp³-hybridized carbons (Fsp3) is 0.600. The number of benzene rings is 1. The summed E-state index contributed by atoms with van der Waals surface area (Å²) in [6.45, 7) is 4.77. The lowest BCUT2D eigenvalue weighted by atomic mass is 9.77. The van der Waals surface area contributed by atoms with Crippen molar-refractivity contribution >= 4 is 0 Å². The van der Waals surface area contributed by atoms with Crippen molar-refractivity contribution in [2.75, 3.05) is 0 Å². The Morgan fingerprint density at radius 2 is 2.00 bits per heavy atom. The maximum atomic E-state index is 2.41. The molecule has 0 bridgehead atoms. The molecule has 2 atom stereocenters. The van der Waals surface area contributed by atoms with E-state index in [9.17, 15) is 0 Å². The minimum atomic E-state index is 0.612. The van der Waals surface area contributed by atoms with Gasteiger partial charge in [0.25, 0.3) is 0 Å². The van der Waals surface area contributed by atoms with Gasteiger partial charge in [-0.1, -0.05) is 57.0 Å². The van der Waals surface area contributed by atoms with Crippen molar-refractivity contribution in [1.29, 1.82) is 0 Å². The normalized spacial score (nSPS) is 30.7. The fourth-order valence-electron chi connectivity index (χ4n) is 3.13. The Morgan fingerprint density at radius 3 is 2.53 bits per heavy atom. The third-order valence-corrected chi connectivity index (χ3v) is 4.12. The third-order valence-electron chi connectivity index (χ3n) is 4.12. The predicted octanol–water partition coefficient (Wildman–Crippen LogP) is 4.45. The Hall–Kier alpha value is -0.780. The van der Waals surface area contributed by atoms with Crippen LogP contribution in [-0.4, -0.2) is 0 Å². The second-order valence-electron chi connectivity index (χ2n) is 5.36. The second-order valence-corrected chi connectivity index (χ2v) is 5.36. The van der Waals surface area contributed by atoms with Crippen LogP contribution in [-0.2, 0) is 6.42 Å². The van der Waals surface area contributed by atoms with Crippen LogP contribution in [0.2, 0.25) is 0 Å². The van der Waals surface area contributed by atoms with Crippen molar-refractivity contribution < 1.29 is 0 Å². The maximum Gasteiger partial charge on any atom is -0.0222 e. The lowest BCUT2D eigenvalue weighted by molar-refractivity contribution is 0.272.